The number of hydrogen-bond donors (Lipinski definition) is 2. The van der Waals surface area contributed by atoms with Gasteiger partial charge in [0.25, 0.3) is 0 Å². The fraction of sp³-hybridized carbons (Fsp3) is 0.294. The van der Waals surface area contributed by atoms with Crippen LogP contribution in [0.25, 0.3) is 11.1 Å². The summed E-state index contributed by atoms with van der Waals surface area (Å²) in [4.78, 5) is 38.2. The van der Waals surface area contributed by atoms with Crippen LogP contribution in [0.1, 0.15) is 28.7 Å². The van der Waals surface area contributed by atoms with Gasteiger partial charge in [0, 0.05) is 24.0 Å². The normalized spacial score (nSPS) is 12.2. The smallest absolute Gasteiger partial charge is 0.414 e. The number of carbonyl (C=O) groups is 3. The third-order valence-electron chi connectivity index (χ3n) is 7.69. The average Bonchev–Trinajstić information content (AvgIpc) is 3.51. The fourth-order valence-corrected chi connectivity index (χ4v) is 5.25. The van der Waals surface area contributed by atoms with Gasteiger partial charge in [-0.05, 0) is 78.8 Å². The maximum atomic E-state index is 13.1. The quantitative estimate of drug-likeness (QED) is 0.180. The van der Waals surface area contributed by atoms with E-state index in [9.17, 15) is 14.4 Å². The summed E-state index contributed by atoms with van der Waals surface area (Å²) in [5, 5.41) is 9.74. The van der Waals surface area contributed by atoms with E-state index in [0.29, 0.717) is 18.8 Å². The van der Waals surface area contributed by atoms with Crippen LogP contribution in [0.2, 0.25) is 0 Å². The lowest BCUT2D eigenvalue weighted by molar-refractivity contribution is -0.139. The predicted octanol–water partition coefficient (Wildman–Crippen LogP) is 5.48. The van der Waals surface area contributed by atoms with Crippen molar-refractivity contribution in [1.82, 2.24) is 15.1 Å². The van der Waals surface area contributed by atoms with Crippen LogP contribution in [0.5, 0.6) is 5.75 Å². The molecular weight excluding hydrogens is 574 g/mol. The van der Waals surface area contributed by atoms with Crippen LogP contribution in [0, 0.1) is 13.8 Å². The second kappa shape index (κ2) is 14.4. The van der Waals surface area contributed by atoms with E-state index in [1.807, 2.05) is 85.5 Å². The number of ether oxygens (including phenoxy) is 3. The highest BCUT2D eigenvalue weighted by molar-refractivity contribution is 5.92. The van der Waals surface area contributed by atoms with Crippen molar-refractivity contribution >= 4 is 29.5 Å². The minimum absolute atomic E-state index is 0.152. The molecule has 0 radical (unpaired) electrons. The van der Waals surface area contributed by atoms with Gasteiger partial charge in [0.05, 0.1) is 25.5 Å². The first-order chi connectivity index (χ1) is 21.8. The van der Waals surface area contributed by atoms with Gasteiger partial charge in [-0.1, -0.05) is 36.4 Å². The van der Waals surface area contributed by atoms with Gasteiger partial charge in [-0.3, -0.25) is 14.4 Å². The summed E-state index contributed by atoms with van der Waals surface area (Å²) >= 11 is 0. The zero-order valence-electron chi connectivity index (χ0n) is 25.7. The zero-order chi connectivity index (χ0) is 31.8. The fourth-order valence-electron chi connectivity index (χ4n) is 5.25. The van der Waals surface area contributed by atoms with Crippen molar-refractivity contribution in [3.8, 4) is 16.9 Å². The van der Waals surface area contributed by atoms with Gasteiger partial charge < -0.3 is 24.8 Å². The Morgan fingerprint density at radius 1 is 1.00 bits per heavy atom. The second-order valence-corrected chi connectivity index (χ2v) is 10.7. The van der Waals surface area contributed by atoms with Gasteiger partial charge in [-0.2, -0.15) is 5.10 Å². The van der Waals surface area contributed by atoms with Crippen molar-refractivity contribution in [2.75, 3.05) is 43.6 Å². The Balaban J connectivity index is 1.21. The molecule has 0 spiro atoms. The minimum Gasteiger partial charge on any atom is -0.490 e. The van der Waals surface area contributed by atoms with Crippen molar-refractivity contribution in [3.63, 3.8) is 0 Å². The highest BCUT2D eigenvalue weighted by Gasteiger charge is 2.26. The summed E-state index contributed by atoms with van der Waals surface area (Å²) in [5.41, 5.74) is 7.63. The Kier molecular flexibility index (Phi) is 9.98. The maximum Gasteiger partial charge on any atom is 0.414 e. The Bertz CT molecular complexity index is 1680. The Hall–Kier alpha value is -5.32. The highest BCUT2D eigenvalue weighted by Crippen LogP contribution is 2.35. The van der Waals surface area contributed by atoms with Gasteiger partial charge in [0.1, 0.15) is 25.5 Å². The number of urea groups is 1. The van der Waals surface area contributed by atoms with Crippen LogP contribution in [0.15, 0.2) is 73.1 Å². The monoisotopic (exact) mass is 611 g/mol. The van der Waals surface area contributed by atoms with E-state index in [1.165, 1.54) is 7.11 Å². The van der Waals surface area contributed by atoms with E-state index in [-0.39, 0.29) is 25.9 Å². The molecule has 3 aromatic carbocycles. The topological polar surface area (TPSA) is 124 Å². The Labute approximate surface area is 262 Å². The molecule has 1 aliphatic rings. The summed E-state index contributed by atoms with van der Waals surface area (Å²) < 4.78 is 17.8. The van der Waals surface area contributed by atoms with Crippen LogP contribution in [0.3, 0.4) is 0 Å². The van der Waals surface area contributed by atoms with Gasteiger partial charge in [0.15, 0.2) is 0 Å². The molecular formula is C34H37N5O6. The summed E-state index contributed by atoms with van der Waals surface area (Å²) in [7, 11) is 1.26. The molecule has 0 unspecified atom stereocenters. The van der Waals surface area contributed by atoms with Crippen LogP contribution in [0.4, 0.5) is 21.0 Å². The molecule has 0 bridgehead atoms. The third-order valence-corrected chi connectivity index (χ3v) is 7.69. The van der Waals surface area contributed by atoms with E-state index in [2.05, 4.69) is 20.5 Å². The second-order valence-electron chi connectivity index (χ2n) is 10.7. The van der Waals surface area contributed by atoms with Crippen molar-refractivity contribution in [2.45, 2.75) is 33.2 Å². The molecule has 11 nitrogen and oxygen atoms in total. The molecule has 0 saturated carbocycles. The van der Waals surface area contributed by atoms with Crippen molar-refractivity contribution in [1.29, 1.82) is 0 Å². The third kappa shape index (κ3) is 7.80. The number of aromatic nitrogens is 2. The first kappa shape index (κ1) is 31.1. The lowest BCUT2D eigenvalue weighted by Gasteiger charge is -2.30. The van der Waals surface area contributed by atoms with E-state index in [4.69, 9.17) is 9.47 Å². The average molecular weight is 612 g/mol. The van der Waals surface area contributed by atoms with E-state index in [1.54, 1.807) is 11.0 Å². The molecule has 5 rings (SSSR count). The number of esters is 1. The molecule has 45 heavy (non-hydrogen) atoms. The van der Waals surface area contributed by atoms with Crippen LogP contribution in [-0.4, -0.2) is 61.3 Å². The van der Waals surface area contributed by atoms with Crippen LogP contribution >= 0.6 is 0 Å². The van der Waals surface area contributed by atoms with Gasteiger partial charge in [-0.25, -0.2) is 9.59 Å². The molecule has 2 N–H and O–H groups in total. The standard InChI is InChI=1S/C34H37N5O6/c1-23-8-4-14-31(24(23)2)44-16-17-45-34(42)39-15-7-12-29-28(11-6-13-30(29)39)26-19-36-38(22-26)21-25-9-5-10-27(18-25)37-33(41)35-20-32(40)43-3/h4-6,8-11,13-14,18-19,22H,7,12,15-17,20-21H2,1-3H3,(H2,35,37,41). The molecule has 2 heterocycles. The van der Waals surface area contributed by atoms with Gasteiger partial charge >= 0.3 is 18.1 Å². The SMILES string of the molecule is COC(=O)CNC(=O)Nc1cccc(Cn2cc(-c3cccc4c3CCCN4C(=O)OCCOc3cccc(C)c3C)cn2)c1. The van der Waals surface area contributed by atoms with E-state index in [0.717, 1.165) is 57.7 Å². The molecule has 3 amide bonds. The first-order valence-corrected chi connectivity index (χ1v) is 14.8. The number of rotatable bonds is 10. The predicted molar refractivity (Wildman–Crippen MR) is 171 cm³/mol. The Morgan fingerprint density at radius 2 is 1.82 bits per heavy atom. The molecule has 0 saturated heterocycles. The summed E-state index contributed by atoms with van der Waals surface area (Å²) in [6.45, 7) is 5.32. The van der Waals surface area contributed by atoms with Crippen molar-refractivity contribution < 1.29 is 28.6 Å². The number of hydrogen-bond acceptors (Lipinski definition) is 7. The molecule has 0 fully saturated rings. The number of amides is 3. The van der Waals surface area contributed by atoms with Crippen molar-refractivity contribution in [3.05, 3.63) is 95.3 Å². The summed E-state index contributed by atoms with van der Waals surface area (Å²) in [6, 6.07) is 18.7. The van der Waals surface area contributed by atoms with E-state index < -0.39 is 12.0 Å². The number of aryl methyl sites for hydroxylation is 1. The molecule has 0 aliphatic carbocycles. The number of fused-ring (bicyclic) bond motifs is 1. The number of methoxy groups -OCH3 is 1. The van der Waals surface area contributed by atoms with Crippen molar-refractivity contribution in [2.24, 2.45) is 0 Å². The Morgan fingerprint density at radius 3 is 2.67 bits per heavy atom. The van der Waals surface area contributed by atoms with Crippen LogP contribution in [-0.2, 0) is 27.2 Å². The van der Waals surface area contributed by atoms with Gasteiger partial charge in [-0.15, -0.1) is 0 Å². The number of nitrogens with one attached hydrogen (secondary N) is 2. The molecule has 11 heteroatoms. The summed E-state index contributed by atoms with van der Waals surface area (Å²) in [6.07, 6.45) is 5.06. The number of anilines is 2. The lowest BCUT2D eigenvalue weighted by atomic mass is 9.93. The molecule has 0 atom stereocenters. The molecule has 1 aromatic heterocycles. The molecule has 234 valence electrons. The molecule has 1 aliphatic heterocycles. The minimum atomic E-state index is -0.532. The molecule has 4 aromatic rings. The highest BCUT2D eigenvalue weighted by atomic mass is 16.6. The number of carbonyl (C=O) groups excluding carboxylic acids is 3. The number of nitrogens with zero attached hydrogens (tertiary/aromatic N) is 3. The zero-order valence-corrected chi connectivity index (χ0v) is 25.7. The van der Waals surface area contributed by atoms with Crippen LogP contribution < -0.4 is 20.3 Å². The lowest BCUT2D eigenvalue weighted by Crippen LogP contribution is -2.36. The number of benzene rings is 3. The van der Waals surface area contributed by atoms with Gasteiger partial charge in [0.2, 0.25) is 0 Å². The largest absolute Gasteiger partial charge is 0.490 e. The summed E-state index contributed by atoms with van der Waals surface area (Å²) in [5.74, 6) is 0.263. The maximum absolute atomic E-state index is 13.1. The first-order valence-electron chi connectivity index (χ1n) is 14.8. The van der Waals surface area contributed by atoms with E-state index >= 15 is 0 Å².